The van der Waals surface area contributed by atoms with E-state index in [-0.39, 0.29) is 10.6 Å². The minimum Gasteiger partial charge on any atom is -0.495 e. The average molecular weight is 311 g/mol. The fourth-order valence-electron chi connectivity index (χ4n) is 1.80. The van der Waals surface area contributed by atoms with E-state index in [0.29, 0.717) is 22.1 Å². The number of ether oxygens (including phenoxy) is 1. The van der Waals surface area contributed by atoms with Crippen LogP contribution in [0.25, 0.3) is 0 Å². The van der Waals surface area contributed by atoms with Gasteiger partial charge in [-0.25, -0.2) is 4.39 Å². The van der Waals surface area contributed by atoms with Crippen LogP contribution in [0.3, 0.4) is 0 Å². The topological polar surface area (TPSA) is 47.3 Å². The summed E-state index contributed by atoms with van der Waals surface area (Å²) < 4.78 is 19.0. The maximum Gasteiger partial charge on any atom is 0.142 e. The normalized spacial score (nSPS) is 10.2. The van der Waals surface area contributed by atoms with Gasteiger partial charge in [-0.3, -0.25) is 0 Å². The van der Waals surface area contributed by atoms with Crippen LogP contribution in [0.5, 0.6) is 5.75 Å². The van der Waals surface area contributed by atoms with Crippen LogP contribution in [0.1, 0.15) is 5.56 Å². The Hall–Kier alpha value is -1.85. The van der Waals surface area contributed by atoms with Crippen LogP contribution in [-0.4, -0.2) is 12.1 Å². The molecule has 0 amide bonds. The molecule has 2 aromatic carbocycles. The van der Waals surface area contributed by atoms with Crippen molar-refractivity contribution in [2.45, 2.75) is 0 Å². The Morgan fingerprint density at radius 1 is 1.30 bits per heavy atom. The number of benzene rings is 2. The molecule has 0 bridgehead atoms. The van der Waals surface area contributed by atoms with E-state index in [9.17, 15) is 4.39 Å². The molecule has 20 heavy (non-hydrogen) atoms. The van der Waals surface area contributed by atoms with Crippen LogP contribution in [0, 0.1) is 5.82 Å². The molecule has 3 nitrogen and oxygen atoms in total. The smallest absolute Gasteiger partial charge is 0.142 e. The van der Waals surface area contributed by atoms with Crippen molar-refractivity contribution in [1.29, 1.82) is 0 Å². The van der Waals surface area contributed by atoms with Gasteiger partial charge in [-0.1, -0.05) is 29.9 Å². The van der Waals surface area contributed by atoms with Gasteiger partial charge in [0.1, 0.15) is 16.6 Å². The second-order valence-electron chi connectivity index (χ2n) is 4.00. The summed E-state index contributed by atoms with van der Waals surface area (Å²) in [6.45, 7) is 0. The number of hydrogen-bond acceptors (Lipinski definition) is 3. The fourth-order valence-corrected chi connectivity index (χ4v) is 2.18. The minimum atomic E-state index is -0.483. The predicted molar refractivity (Wildman–Crippen MR) is 83.6 cm³/mol. The maximum absolute atomic E-state index is 13.8. The van der Waals surface area contributed by atoms with E-state index in [4.69, 9.17) is 34.3 Å². The number of anilines is 2. The Balaban J connectivity index is 2.48. The molecule has 0 saturated heterocycles. The van der Waals surface area contributed by atoms with Gasteiger partial charge in [0.05, 0.1) is 24.0 Å². The van der Waals surface area contributed by atoms with Crippen molar-refractivity contribution < 1.29 is 9.13 Å². The molecule has 2 rings (SSSR count). The molecule has 2 aromatic rings. The molecule has 0 atom stereocenters. The number of rotatable bonds is 4. The highest BCUT2D eigenvalue weighted by atomic mass is 35.5. The summed E-state index contributed by atoms with van der Waals surface area (Å²) in [6, 6.07) is 9.63. The molecule has 0 aliphatic carbocycles. The van der Waals surface area contributed by atoms with Crippen molar-refractivity contribution >= 4 is 40.2 Å². The van der Waals surface area contributed by atoms with Crippen LogP contribution in [-0.2, 0) is 0 Å². The summed E-state index contributed by atoms with van der Waals surface area (Å²) in [4.78, 5) is -0.0217. The molecule has 0 saturated carbocycles. The molecule has 0 aromatic heterocycles. The largest absolute Gasteiger partial charge is 0.495 e. The summed E-state index contributed by atoms with van der Waals surface area (Å²) in [5.41, 5.74) is 6.78. The van der Waals surface area contributed by atoms with Gasteiger partial charge in [0.15, 0.2) is 0 Å². The number of halogens is 2. The molecule has 0 radical (unpaired) electrons. The number of hydrogen-bond donors (Lipinski definition) is 2. The third kappa shape index (κ3) is 3.00. The highest BCUT2D eigenvalue weighted by Gasteiger charge is 2.13. The predicted octanol–water partition coefficient (Wildman–Crippen LogP) is 3.87. The van der Waals surface area contributed by atoms with Crippen LogP contribution >= 0.6 is 23.8 Å². The van der Waals surface area contributed by atoms with E-state index in [1.54, 1.807) is 30.3 Å². The van der Waals surface area contributed by atoms with Crippen LogP contribution < -0.4 is 15.8 Å². The first-order valence-corrected chi connectivity index (χ1v) is 6.50. The second-order valence-corrected chi connectivity index (χ2v) is 4.87. The zero-order chi connectivity index (χ0) is 14.7. The number of methoxy groups -OCH3 is 1. The van der Waals surface area contributed by atoms with Crippen molar-refractivity contribution in [1.82, 2.24) is 0 Å². The molecule has 0 spiro atoms. The lowest BCUT2D eigenvalue weighted by molar-refractivity contribution is 0.417. The molecule has 0 fully saturated rings. The van der Waals surface area contributed by atoms with Crippen molar-refractivity contribution in [2.24, 2.45) is 5.73 Å². The Kier molecular flexibility index (Phi) is 4.42. The van der Waals surface area contributed by atoms with Crippen molar-refractivity contribution in [3.63, 3.8) is 0 Å². The number of nitrogens with one attached hydrogen (secondary N) is 1. The van der Waals surface area contributed by atoms with Crippen molar-refractivity contribution in [2.75, 3.05) is 12.4 Å². The number of nitrogens with two attached hydrogens (primary N) is 1. The van der Waals surface area contributed by atoms with E-state index in [1.165, 1.54) is 13.2 Å². The van der Waals surface area contributed by atoms with Gasteiger partial charge in [-0.05, 0) is 30.3 Å². The van der Waals surface area contributed by atoms with Crippen LogP contribution in [0.4, 0.5) is 15.8 Å². The van der Waals surface area contributed by atoms with Gasteiger partial charge in [-0.15, -0.1) is 0 Å². The lowest BCUT2D eigenvalue weighted by Gasteiger charge is -2.14. The van der Waals surface area contributed by atoms with Gasteiger partial charge in [0.25, 0.3) is 0 Å². The highest BCUT2D eigenvalue weighted by Crippen LogP contribution is 2.32. The summed E-state index contributed by atoms with van der Waals surface area (Å²) in [6.07, 6.45) is 0. The fraction of sp³-hybridized carbons (Fsp3) is 0.0714. The second kappa shape index (κ2) is 6.07. The third-order valence-corrected chi connectivity index (χ3v) is 3.13. The average Bonchev–Trinajstić information content (AvgIpc) is 2.38. The molecule has 0 aliphatic heterocycles. The van der Waals surface area contributed by atoms with Gasteiger partial charge in [0, 0.05) is 5.02 Å². The minimum absolute atomic E-state index is 0.0217. The molecule has 0 unspecified atom stereocenters. The van der Waals surface area contributed by atoms with E-state index in [2.05, 4.69) is 5.32 Å². The maximum atomic E-state index is 13.8. The van der Waals surface area contributed by atoms with Gasteiger partial charge in [-0.2, -0.15) is 0 Å². The zero-order valence-corrected chi connectivity index (χ0v) is 12.2. The lowest BCUT2D eigenvalue weighted by atomic mass is 10.1. The molecule has 6 heteroatoms. The summed E-state index contributed by atoms with van der Waals surface area (Å²) in [7, 11) is 1.54. The van der Waals surface area contributed by atoms with E-state index >= 15 is 0 Å². The van der Waals surface area contributed by atoms with Crippen LogP contribution in [0.15, 0.2) is 36.4 Å². The first-order chi connectivity index (χ1) is 9.52. The molecular formula is C14H12ClFN2OS. The SMILES string of the molecule is COc1ccc(Cl)cc1Nc1cccc(F)c1C(N)=S. The molecule has 104 valence electrons. The summed E-state index contributed by atoms with van der Waals surface area (Å²) in [5, 5.41) is 3.57. The molecule has 3 N–H and O–H groups in total. The Morgan fingerprint density at radius 3 is 2.70 bits per heavy atom. The van der Waals surface area contributed by atoms with Gasteiger partial charge >= 0.3 is 0 Å². The monoisotopic (exact) mass is 310 g/mol. The van der Waals surface area contributed by atoms with Crippen molar-refractivity contribution in [3.8, 4) is 5.75 Å². The third-order valence-electron chi connectivity index (χ3n) is 2.69. The first-order valence-electron chi connectivity index (χ1n) is 5.72. The Bertz CT molecular complexity index is 664. The highest BCUT2D eigenvalue weighted by molar-refractivity contribution is 7.80. The number of thiocarbonyl (C=S) groups is 1. The van der Waals surface area contributed by atoms with E-state index < -0.39 is 5.82 Å². The molecular weight excluding hydrogens is 299 g/mol. The Morgan fingerprint density at radius 2 is 2.05 bits per heavy atom. The zero-order valence-electron chi connectivity index (χ0n) is 10.6. The lowest BCUT2D eigenvalue weighted by Crippen LogP contribution is -2.14. The van der Waals surface area contributed by atoms with Crippen molar-refractivity contribution in [3.05, 3.63) is 52.8 Å². The molecule has 0 heterocycles. The first kappa shape index (κ1) is 14.6. The van der Waals surface area contributed by atoms with Gasteiger partial charge < -0.3 is 15.8 Å². The van der Waals surface area contributed by atoms with E-state index in [1.807, 2.05) is 0 Å². The van der Waals surface area contributed by atoms with E-state index in [0.717, 1.165) is 0 Å². The summed E-state index contributed by atoms with van der Waals surface area (Å²) >= 11 is 10.8. The Labute approximate surface area is 126 Å². The van der Waals surface area contributed by atoms with Crippen LogP contribution in [0.2, 0.25) is 5.02 Å². The summed E-state index contributed by atoms with van der Waals surface area (Å²) in [5.74, 6) is 0.0936. The molecule has 0 aliphatic rings. The van der Waals surface area contributed by atoms with Gasteiger partial charge in [0.2, 0.25) is 0 Å². The quantitative estimate of drug-likeness (QED) is 0.842. The standard InChI is InChI=1S/C14H12ClFN2OS/c1-19-12-6-5-8(15)7-11(12)18-10-4-2-3-9(16)13(10)14(17)20/h2-7,18H,1H3,(H2,17,20).